The van der Waals surface area contributed by atoms with Crippen LogP contribution in [0.15, 0.2) is 29.2 Å². The van der Waals surface area contributed by atoms with Crippen LogP contribution < -0.4 is 0 Å². The molecule has 23 heavy (non-hydrogen) atoms. The highest BCUT2D eigenvalue weighted by Gasteiger charge is 2.29. The quantitative estimate of drug-likeness (QED) is 0.823. The normalized spacial score (nSPS) is 17.2. The number of rotatable bonds is 5. The lowest BCUT2D eigenvalue weighted by Gasteiger charge is -2.31. The molecule has 1 fully saturated rings. The lowest BCUT2D eigenvalue weighted by atomic mass is 9.93. The number of hydrogen-bond acceptors (Lipinski definition) is 3. The number of carbonyl (C=O) groups is 1. The highest BCUT2D eigenvalue weighted by atomic mass is 32.2. The van der Waals surface area contributed by atoms with Crippen molar-refractivity contribution in [3.63, 3.8) is 0 Å². The molecule has 1 aromatic carbocycles. The Morgan fingerprint density at radius 3 is 2.52 bits per heavy atom. The predicted molar refractivity (Wildman–Crippen MR) is 85.8 cm³/mol. The van der Waals surface area contributed by atoms with Gasteiger partial charge in [0.15, 0.2) is 0 Å². The van der Waals surface area contributed by atoms with E-state index in [1.807, 2.05) is 0 Å². The number of carbonyl (C=O) groups excluding carboxylic acids is 1. The number of piperidine rings is 1. The number of hydrogen-bond donors (Lipinski definition) is 0. The molecule has 1 aliphatic rings. The van der Waals surface area contributed by atoms with E-state index in [0.717, 1.165) is 25.3 Å². The summed E-state index contributed by atoms with van der Waals surface area (Å²) in [7, 11) is -0.169. The summed E-state index contributed by atoms with van der Waals surface area (Å²) in [5.41, 5.74) is 0. The summed E-state index contributed by atoms with van der Waals surface area (Å²) in [6, 6.07) is 5.10. The number of benzene rings is 1. The van der Waals surface area contributed by atoms with Crippen LogP contribution in [0.3, 0.4) is 0 Å². The highest BCUT2D eigenvalue weighted by Crippen LogP contribution is 2.26. The fourth-order valence-electron chi connectivity index (χ4n) is 2.77. The first-order valence-corrected chi connectivity index (χ1v) is 9.20. The van der Waals surface area contributed by atoms with E-state index in [1.54, 1.807) is 19.0 Å². The van der Waals surface area contributed by atoms with Crippen LogP contribution in [-0.4, -0.2) is 50.7 Å². The second-order valence-electron chi connectivity index (χ2n) is 6.13. The first-order chi connectivity index (χ1) is 10.8. The summed E-state index contributed by atoms with van der Waals surface area (Å²) in [4.78, 5) is 13.2. The van der Waals surface area contributed by atoms with Crippen LogP contribution >= 0.6 is 0 Å². The monoisotopic (exact) mass is 342 g/mol. The van der Waals surface area contributed by atoms with Crippen LogP contribution in [-0.2, 0) is 14.8 Å². The molecule has 5 nitrogen and oxygen atoms in total. The van der Waals surface area contributed by atoms with Crippen molar-refractivity contribution in [2.45, 2.75) is 30.6 Å². The highest BCUT2D eigenvalue weighted by molar-refractivity contribution is 7.89. The van der Waals surface area contributed by atoms with E-state index in [4.69, 9.17) is 0 Å². The van der Waals surface area contributed by atoms with Gasteiger partial charge in [0.1, 0.15) is 5.82 Å². The summed E-state index contributed by atoms with van der Waals surface area (Å²) in [6.45, 7) is 0.833. The Labute approximate surface area is 137 Å². The van der Waals surface area contributed by atoms with Gasteiger partial charge in [-0.25, -0.2) is 12.8 Å². The molecule has 0 bridgehead atoms. The van der Waals surface area contributed by atoms with E-state index in [9.17, 15) is 17.6 Å². The first kappa shape index (κ1) is 17.9. The number of nitrogens with zero attached hydrogens (tertiary/aromatic N) is 2. The molecule has 1 saturated heterocycles. The Hall–Kier alpha value is -1.47. The predicted octanol–water partition coefficient (Wildman–Crippen LogP) is 2.09. The standard InChI is InChI=1S/C16H23FN2O3S/c1-18(2)16(20)7-6-13-8-10-19(11-9-13)23(21,22)15-5-3-4-14(17)12-15/h3-5,12-13H,6-11H2,1-2H3. The minimum Gasteiger partial charge on any atom is -0.349 e. The Morgan fingerprint density at radius 1 is 1.30 bits per heavy atom. The van der Waals surface area contributed by atoms with Gasteiger partial charge in [-0.3, -0.25) is 4.79 Å². The summed E-state index contributed by atoms with van der Waals surface area (Å²) in [5.74, 6) is -0.0965. The lowest BCUT2D eigenvalue weighted by Crippen LogP contribution is -2.38. The molecule has 0 unspecified atom stereocenters. The van der Waals surface area contributed by atoms with Crippen LogP contribution in [0.25, 0.3) is 0 Å². The molecule has 0 aliphatic carbocycles. The molecule has 0 radical (unpaired) electrons. The molecule has 128 valence electrons. The lowest BCUT2D eigenvalue weighted by molar-refractivity contribution is -0.129. The maximum absolute atomic E-state index is 13.2. The summed E-state index contributed by atoms with van der Waals surface area (Å²) >= 11 is 0. The van der Waals surface area contributed by atoms with Crippen molar-refractivity contribution in [1.82, 2.24) is 9.21 Å². The first-order valence-electron chi connectivity index (χ1n) is 7.76. The van der Waals surface area contributed by atoms with Crippen molar-refractivity contribution in [1.29, 1.82) is 0 Å². The van der Waals surface area contributed by atoms with Crippen LogP contribution in [0.4, 0.5) is 4.39 Å². The molecule has 1 amide bonds. The Morgan fingerprint density at radius 2 is 1.96 bits per heavy atom. The summed E-state index contributed by atoms with van der Waals surface area (Å²) in [5, 5.41) is 0. The van der Waals surface area contributed by atoms with Crippen LogP contribution in [0.2, 0.25) is 0 Å². The van der Waals surface area contributed by atoms with Crippen molar-refractivity contribution in [2.24, 2.45) is 5.92 Å². The van der Waals surface area contributed by atoms with E-state index in [0.29, 0.717) is 25.4 Å². The molecule has 0 aromatic heterocycles. The SMILES string of the molecule is CN(C)C(=O)CCC1CCN(S(=O)(=O)c2cccc(F)c2)CC1. The van der Waals surface area contributed by atoms with E-state index >= 15 is 0 Å². The van der Waals surface area contributed by atoms with Gasteiger partial charge in [0.05, 0.1) is 4.90 Å². The molecule has 0 saturated carbocycles. The smallest absolute Gasteiger partial charge is 0.243 e. The Kier molecular flexibility index (Phi) is 5.75. The van der Waals surface area contributed by atoms with Gasteiger partial charge in [0.2, 0.25) is 15.9 Å². The number of amides is 1. The van der Waals surface area contributed by atoms with E-state index in [2.05, 4.69) is 0 Å². The third kappa shape index (κ3) is 4.51. The number of halogens is 1. The van der Waals surface area contributed by atoms with Crippen molar-refractivity contribution < 1.29 is 17.6 Å². The van der Waals surface area contributed by atoms with Gasteiger partial charge < -0.3 is 4.90 Å². The molecule has 0 N–H and O–H groups in total. The fraction of sp³-hybridized carbons (Fsp3) is 0.562. The van der Waals surface area contributed by atoms with Crippen LogP contribution in [0, 0.1) is 11.7 Å². The molecule has 1 aliphatic heterocycles. The van der Waals surface area contributed by atoms with Gasteiger partial charge in [-0.2, -0.15) is 4.31 Å². The summed E-state index contributed by atoms with van der Waals surface area (Å²) < 4.78 is 39.7. The molecule has 1 heterocycles. The topological polar surface area (TPSA) is 57.7 Å². The number of sulfonamides is 1. The van der Waals surface area contributed by atoms with Crippen molar-refractivity contribution in [3.05, 3.63) is 30.1 Å². The van der Waals surface area contributed by atoms with Gasteiger partial charge in [-0.1, -0.05) is 6.07 Å². The van der Waals surface area contributed by atoms with Gasteiger partial charge in [-0.05, 0) is 43.4 Å². The second-order valence-corrected chi connectivity index (χ2v) is 8.07. The zero-order valence-electron chi connectivity index (χ0n) is 13.5. The molecule has 0 spiro atoms. The van der Waals surface area contributed by atoms with E-state index in [-0.39, 0.29) is 10.8 Å². The molecule has 7 heteroatoms. The maximum atomic E-state index is 13.2. The van der Waals surface area contributed by atoms with Crippen molar-refractivity contribution >= 4 is 15.9 Å². The minimum atomic E-state index is -3.63. The van der Waals surface area contributed by atoms with Gasteiger partial charge in [0.25, 0.3) is 0 Å². The molecule has 1 aromatic rings. The van der Waals surface area contributed by atoms with Gasteiger partial charge in [0, 0.05) is 33.6 Å². The Bertz CT molecular complexity index is 653. The zero-order valence-corrected chi connectivity index (χ0v) is 14.4. The fourth-order valence-corrected chi connectivity index (χ4v) is 4.27. The molecule has 0 atom stereocenters. The third-order valence-electron chi connectivity index (χ3n) is 4.27. The molecular formula is C16H23FN2O3S. The van der Waals surface area contributed by atoms with Gasteiger partial charge in [-0.15, -0.1) is 0 Å². The minimum absolute atomic E-state index is 0.00117. The molecule has 2 rings (SSSR count). The molecular weight excluding hydrogens is 319 g/mol. The average molecular weight is 342 g/mol. The van der Waals surface area contributed by atoms with Crippen LogP contribution in [0.5, 0.6) is 0 Å². The van der Waals surface area contributed by atoms with Gasteiger partial charge >= 0.3 is 0 Å². The van der Waals surface area contributed by atoms with Crippen molar-refractivity contribution in [3.8, 4) is 0 Å². The third-order valence-corrected chi connectivity index (χ3v) is 6.17. The average Bonchev–Trinajstić information content (AvgIpc) is 2.53. The van der Waals surface area contributed by atoms with E-state index in [1.165, 1.54) is 22.5 Å². The summed E-state index contributed by atoms with van der Waals surface area (Å²) in [6.07, 6.45) is 2.74. The van der Waals surface area contributed by atoms with Crippen molar-refractivity contribution in [2.75, 3.05) is 27.2 Å². The largest absolute Gasteiger partial charge is 0.349 e. The second kappa shape index (κ2) is 7.40. The maximum Gasteiger partial charge on any atom is 0.243 e. The Balaban J connectivity index is 1.92. The zero-order chi connectivity index (χ0) is 17.0. The van der Waals surface area contributed by atoms with E-state index < -0.39 is 15.8 Å². The van der Waals surface area contributed by atoms with Crippen LogP contribution in [0.1, 0.15) is 25.7 Å².